The van der Waals surface area contributed by atoms with Gasteiger partial charge in [-0.25, -0.2) is 4.79 Å². The average Bonchev–Trinajstić information content (AvgIpc) is 2.67. The smallest absolute Gasteiger partial charge is 0.410 e. The molecule has 0 spiro atoms. The molecule has 1 saturated carbocycles. The van der Waals surface area contributed by atoms with Crippen molar-refractivity contribution in [2.75, 3.05) is 13.1 Å². The van der Waals surface area contributed by atoms with Crippen molar-refractivity contribution in [3.05, 3.63) is 0 Å². The van der Waals surface area contributed by atoms with E-state index in [0.717, 1.165) is 6.42 Å². The third-order valence-corrected chi connectivity index (χ3v) is 3.50. The summed E-state index contributed by atoms with van der Waals surface area (Å²) in [6.45, 7) is 8.39. The number of ether oxygens (including phenoxy) is 1. The van der Waals surface area contributed by atoms with Gasteiger partial charge >= 0.3 is 6.09 Å². The lowest BCUT2D eigenvalue weighted by Crippen LogP contribution is -2.38. The van der Waals surface area contributed by atoms with Crippen LogP contribution in [-0.2, 0) is 9.53 Å². The van der Waals surface area contributed by atoms with Crippen LogP contribution < -0.4 is 0 Å². The first-order valence-corrected chi connectivity index (χ1v) is 5.73. The molecule has 1 amide bonds. The van der Waals surface area contributed by atoms with Crippen LogP contribution in [0.2, 0.25) is 0 Å². The minimum absolute atomic E-state index is 0.212. The van der Waals surface area contributed by atoms with E-state index >= 15 is 0 Å². The summed E-state index contributed by atoms with van der Waals surface area (Å²) in [5.74, 6) is 0.584. The molecule has 90 valence electrons. The van der Waals surface area contributed by atoms with E-state index in [1.165, 1.54) is 0 Å². The van der Waals surface area contributed by atoms with E-state index in [-0.39, 0.29) is 17.3 Å². The second-order valence-corrected chi connectivity index (χ2v) is 5.97. The quantitative estimate of drug-likeness (QED) is 0.684. The van der Waals surface area contributed by atoms with E-state index in [1.807, 2.05) is 20.8 Å². The molecule has 0 aromatic rings. The van der Waals surface area contributed by atoms with Gasteiger partial charge in [-0.05, 0) is 40.0 Å². The molecule has 2 rings (SSSR count). The number of fused-ring (bicyclic) bond motifs is 1. The number of hydrogen-bond donors (Lipinski definition) is 0. The van der Waals surface area contributed by atoms with Crippen LogP contribution >= 0.6 is 0 Å². The molecule has 16 heavy (non-hydrogen) atoms. The average molecular weight is 225 g/mol. The summed E-state index contributed by atoms with van der Waals surface area (Å²) in [6, 6.07) is 0. The van der Waals surface area contributed by atoms with Gasteiger partial charge in [-0.1, -0.05) is 0 Å². The monoisotopic (exact) mass is 225 g/mol. The van der Waals surface area contributed by atoms with Crippen LogP contribution in [0, 0.1) is 11.3 Å². The van der Waals surface area contributed by atoms with E-state index in [2.05, 4.69) is 0 Å². The van der Waals surface area contributed by atoms with Crippen molar-refractivity contribution in [3.8, 4) is 0 Å². The number of likely N-dealkylation sites (tertiary alicyclic amines) is 1. The van der Waals surface area contributed by atoms with E-state index in [0.29, 0.717) is 19.0 Å². The van der Waals surface area contributed by atoms with E-state index in [1.54, 1.807) is 11.8 Å². The fourth-order valence-corrected chi connectivity index (χ4v) is 2.49. The summed E-state index contributed by atoms with van der Waals surface area (Å²) in [5.41, 5.74) is -0.690. The molecule has 2 atom stereocenters. The highest BCUT2D eigenvalue weighted by Crippen LogP contribution is 2.58. The first-order chi connectivity index (χ1) is 7.24. The van der Waals surface area contributed by atoms with Crippen molar-refractivity contribution in [1.29, 1.82) is 0 Å². The van der Waals surface area contributed by atoms with Gasteiger partial charge in [0.2, 0.25) is 0 Å². The van der Waals surface area contributed by atoms with Crippen molar-refractivity contribution >= 4 is 11.9 Å². The van der Waals surface area contributed by atoms with Gasteiger partial charge in [0, 0.05) is 13.1 Å². The third kappa shape index (κ3) is 1.81. The first kappa shape index (κ1) is 11.4. The van der Waals surface area contributed by atoms with Gasteiger partial charge in [-0.2, -0.15) is 0 Å². The molecular weight excluding hydrogens is 206 g/mol. The van der Waals surface area contributed by atoms with Gasteiger partial charge in [0.05, 0.1) is 5.41 Å². The zero-order valence-electron chi connectivity index (χ0n) is 10.4. The molecule has 2 aliphatic rings. The molecule has 1 saturated heterocycles. The van der Waals surface area contributed by atoms with Crippen molar-refractivity contribution in [2.45, 2.75) is 39.7 Å². The Bertz CT molecular complexity index is 345. The highest BCUT2D eigenvalue weighted by molar-refractivity contribution is 5.87. The molecule has 2 fully saturated rings. The standard InChI is InChI=1S/C12H19NO3/c1-8(14)12-5-9(12)6-13(7-12)10(15)16-11(2,3)4/h9H,5-7H2,1-4H3/t9-,12+/m0/s1. The Labute approximate surface area is 95.9 Å². The van der Waals surface area contributed by atoms with E-state index < -0.39 is 5.60 Å². The van der Waals surface area contributed by atoms with Gasteiger partial charge in [-0.15, -0.1) is 0 Å². The molecule has 1 heterocycles. The molecule has 0 radical (unpaired) electrons. The molecule has 0 bridgehead atoms. The van der Waals surface area contributed by atoms with Crippen molar-refractivity contribution in [2.24, 2.45) is 11.3 Å². The fraction of sp³-hybridized carbons (Fsp3) is 0.833. The maximum atomic E-state index is 11.8. The number of rotatable bonds is 1. The Morgan fingerprint density at radius 3 is 2.44 bits per heavy atom. The zero-order valence-corrected chi connectivity index (χ0v) is 10.4. The van der Waals surface area contributed by atoms with Crippen LogP contribution in [-0.4, -0.2) is 35.5 Å². The van der Waals surface area contributed by atoms with Crippen LogP contribution in [0.25, 0.3) is 0 Å². The summed E-state index contributed by atoms with van der Waals surface area (Å²) < 4.78 is 5.29. The molecule has 0 N–H and O–H groups in total. The lowest BCUT2D eigenvalue weighted by Gasteiger charge is -2.25. The number of Topliss-reactive ketones (excluding diaryl/α,β-unsaturated/α-hetero) is 1. The first-order valence-electron chi connectivity index (χ1n) is 5.73. The Morgan fingerprint density at radius 2 is 2.00 bits per heavy atom. The predicted molar refractivity (Wildman–Crippen MR) is 59.0 cm³/mol. The number of amides is 1. The van der Waals surface area contributed by atoms with Crippen LogP contribution in [0.3, 0.4) is 0 Å². The Kier molecular flexibility index (Phi) is 2.30. The lowest BCUT2D eigenvalue weighted by atomic mass is 10.0. The van der Waals surface area contributed by atoms with Crippen LogP contribution in [0.5, 0.6) is 0 Å². The predicted octanol–water partition coefficient (Wildman–Crippen LogP) is 1.83. The van der Waals surface area contributed by atoms with Crippen molar-refractivity contribution in [3.63, 3.8) is 0 Å². The zero-order chi connectivity index (χ0) is 12.1. The highest BCUT2D eigenvalue weighted by atomic mass is 16.6. The number of carbonyl (C=O) groups is 2. The Balaban J connectivity index is 1.96. The van der Waals surface area contributed by atoms with E-state index in [4.69, 9.17) is 4.74 Å². The summed E-state index contributed by atoms with van der Waals surface area (Å²) in [7, 11) is 0. The van der Waals surface area contributed by atoms with Gasteiger partial charge < -0.3 is 9.64 Å². The van der Waals surface area contributed by atoms with Gasteiger partial charge in [0.25, 0.3) is 0 Å². The van der Waals surface area contributed by atoms with E-state index in [9.17, 15) is 9.59 Å². The van der Waals surface area contributed by atoms with Gasteiger partial charge in [0.15, 0.2) is 0 Å². The third-order valence-electron chi connectivity index (χ3n) is 3.50. The molecule has 1 aliphatic heterocycles. The number of ketones is 1. The minimum Gasteiger partial charge on any atom is -0.444 e. The Hall–Kier alpha value is -1.06. The molecule has 4 nitrogen and oxygen atoms in total. The molecular formula is C12H19NO3. The van der Waals surface area contributed by atoms with Crippen molar-refractivity contribution in [1.82, 2.24) is 4.90 Å². The van der Waals surface area contributed by atoms with Gasteiger partial charge in [-0.3, -0.25) is 4.79 Å². The fourth-order valence-electron chi connectivity index (χ4n) is 2.49. The van der Waals surface area contributed by atoms with Crippen LogP contribution in [0.1, 0.15) is 34.1 Å². The SMILES string of the molecule is CC(=O)[C@]12C[C@H]1CN(C(=O)OC(C)(C)C)C2. The molecule has 4 heteroatoms. The van der Waals surface area contributed by atoms with Crippen LogP contribution in [0.4, 0.5) is 4.79 Å². The molecule has 1 aliphatic carbocycles. The summed E-state index contributed by atoms with van der Waals surface area (Å²) in [5, 5.41) is 0. The largest absolute Gasteiger partial charge is 0.444 e. The number of piperidine rings is 1. The second kappa shape index (κ2) is 3.22. The maximum Gasteiger partial charge on any atom is 0.410 e. The second-order valence-electron chi connectivity index (χ2n) is 5.97. The lowest BCUT2D eigenvalue weighted by molar-refractivity contribution is -0.122. The summed E-state index contributed by atoms with van der Waals surface area (Å²) >= 11 is 0. The minimum atomic E-state index is -0.465. The Morgan fingerprint density at radius 1 is 1.38 bits per heavy atom. The topological polar surface area (TPSA) is 46.6 Å². The molecule has 0 aromatic carbocycles. The number of hydrogen-bond acceptors (Lipinski definition) is 3. The highest BCUT2D eigenvalue weighted by Gasteiger charge is 2.64. The van der Waals surface area contributed by atoms with Gasteiger partial charge in [0.1, 0.15) is 11.4 Å². The maximum absolute atomic E-state index is 11.8. The van der Waals surface area contributed by atoms with Crippen molar-refractivity contribution < 1.29 is 14.3 Å². The number of nitrogens with zero attached hydrogens (tertiary/aromatic N) is 1. The molecule has 0 unspecified atom stereocenters. The summed E-state index contributed by atoms with van der Waals surface area (Å²) in [4.78, 5) is 24.9. The normalized spacial score (nSPS) is 32.2. The number of carbonyl (C=O) groups excluding carboxylic acids is 2. The molecule has 0 aromatic heterocycles. The summed E-state index contributed by atoms with van der Waals surface area (Å²) in [6.07, 6.45) is 0.655. The van der Waals surface area contributed by atoms with Crippen LogP contribution in [0.15, 0.2) is 0 Å².